The van der Waals surface area contributed by atoms with E-state index in [0.29, 0.717) is 32.9 Å². The van der Waals surface area contributed by atoms with Crippen molar-refractivity contribution in [1.82, 2.24) is 14.5 Å². The molecule has 0 spiro atoms. The summed E-state index contributed by atoms with van der Waals surface area (Å²) in [6, 6.07) is 9.53. The van der Waals surface area contributed by atoms with Crippen LogP contribution in [0.15, 0.2) is 55.0 Å². The zero-order valence-corrected chi connectivity index (χ0v) is 12.8. The molecular weight excluding hydrogens is 334 g/mol. The van der Waals surface area contributed by atoms with Gasteiger partial charge in [0.1, 0.15) is 6.54 Å². The first-order valence-electron chi connectivity index (χ1n) is 7.47. The van der Waals surface area contributed by atoms with Crippen LogP contribution in [0.2, 0.25) is 0 Å². The second-order valence-electron chi connectivity index (χ2n) is 5.70. The molecular formula is C18H11F4N3. The highest BCUT2D eigenvalue weighted by Crippen LogP contribution is 2.33. The average molecular weight is 345 g/mol. The Balaban J connectivity index is 1.98. The first-order valence-corrected chi connectivity index (χ1v) is 7.47. The second kappa shape index (κ2) is 5.54. The minimum atomic E-state index is -4.35. The standard InChI is InChI=1S/C18H11F4N3/c19-17-4-2-12(8-24-17)11-1-3-13-14-9-23-6-5-15(14)25(16(13)7-11)10-18(20,21)22/h1-9H,10H2. The van der Waals surface area contributed by atoms with Crippen LogP contribution in [0.25, 0.3) is 32.9 Å². The molecule has 0 saturated heterocycles. The van der Waals surface area contributed by atoms with E-state index in [1.54, 1.807) is 36.5 Å². The maximum Gasteiger partial charge on any atom is 0.406 e. The van der Waals surface area contributed by atoms with Gasteiger partial charge in [-0.25, -0.2) is 4.98 Å². The van der Waals surface area contributed by atoms with E-state index in [2.05, 4.69) is 9.97 Å². The largest absolute Gasteiger partial charge is 0.406 e. The Labute approximate surface area is 139 Å². The van der Waals surface area contributed by atoms with Crippen LogP contribution in [-0.2, 0) is 6.54 Å². The van der Waals surface area contributed by atoms with Gasteiger partial charge in [0.2, 0.25) is 5.95 Å². The van der Waals surface area contributed by atoms with Gasteiger partial charge in [-0.15, -0.1) is 0 Å². The maximum atomic E-state index is 13.1. The number of halogens is 4. The van der Waals surface area contributed by atoms with E-state index in [9.17, 15) is 17.6 Å². The molecule has 0 unspecified atom stereocenters. The third kappa shape index (κ3) is 2.82. The molecule has 0 aliphatic rings. The number of hydrogen-bond acceptors (Lipinski definition) is 2. The lowest BCUT2D eigenvalue weighted by atomic mass is 10.1. The fraction of sp³-hybridized carbons (Fsp3) is 0.111. The lowest BCUT2D eigenvalue weighted by Gasteiger charge is -2.11. The summed E-state index contributed by atoms with van der Waals surface area (Å²) in [5.74, 6) is -0.609. The number of hydrogen-bond donors (Lipinski definition) is 0. The van der Waals surface area contributed by atoms with Crippen LogP contribution < -0.4 is 0 Å². The van der Waals surface area contributed by atoms with Crippen LogP contribution in [0.5, 0.6) is 0 Å². The molecule has 4 rings (SSSR count). The van der Waals surface area contributed by atoms with E-state index in [1.807, 2.05) is 0 Å². The van der Waals surface area contributed by atoms with E-state index in [-0.39, 0.29) is 0 Å². The minimum Gasteiger partial charge on any atom is -0.331 e. The van der Waals surface area contributed by atoms with Crippen LogP contribution in [-0.4, -0.2) is 20.7 Å². The van der Waals surface area contributed by atoms with E-state index < -0.39 is 18.7 Å². The van der Waals surface area contributed by atoms with E-state index >= 15 is 0 Å². The monoisotopic (exact) mass is 345 g/mol. The molecule has 126 valence electrons. The van der Waals surface area contributed by atoms with Gasteiger partial charge in [0.25, 0.3) is 0 Å². The molecule has 0 aliphatic carbocycles. The first-order chi connectivity index (χ1) is 11.9. The molecule has 0 radical (unpaired) electrons. The number of alkyl halides is 3. The predicted octanol–water partition coefficient (Wildman–Crippen LogP) is 4.95. The molecule has 0 saturated carbocycles. The van der Waals surface area contributed by atoms with Gasteiger partial charge >= 0.3 is 6.18 Å². The SMILES string of the molecule is Fc1ccc(-c2ccc3c4cnccc4n(CC(F)(F)F)c3c2)cn1. The Morgan fingerprint density at radius 2 is 1.68 bits per heavy atom. The summed E-state index contributed by atoms with van der Waals surface area (Å²) in [6.07, 6.45) is 0.0347. The Kier molecular flexibility index (Phi) is 3.45. The molecule has 25 heavy (non-hydrogen) atoms. The molecule has 3 nitrogen and oxygen atoms in total. The summed E-state index contributed by atoms with van der Waals surface area (Å²) >= 11 is 0. The highest BCUT2D eigenvalue weighted by atomic mass is 19.4. The van der Waals surface area contributed by atoms with Gasteiger partial charge in [-0.05, 0) is 29.8 Å². The summed E-state index contributed by atoms with van der Waals surface area (Å²) in [4.78, 5) is 7.61. The van der Waals surface area contributed by atoms with Gasteiger partial charge in [0.15, 0.2) is 0 Å². The van der Waals surface area contributed by atoms with Gasteiger partial charge in [-0.2, -0.15) is 17.6 Å². The summed E-state index contributed by atoms with van der Waals surface area (Å²) < 4.78 is 53.4. The van der Waals surface area contributed by atoms with Crippen molar-refractivity contribution >= 4 is 21.8 Å². The Morgan fingerprint density at radius 1 is 0.880 bits per heavy atom. The smallest absolute Gasteiger partial charge is 0.331 e. The molecule has 0 fully saturated rings. The highest BCUT2D eigenvalue weighted by Gasteiger charge is 2.29. The fourth-order valence-electron chi connectivity index (χ4n) is 3.02. The first kappa shape index (κ1) is 15.6. The second-order valence-corrected chi connectivity index (χ2v) is 5.70. The van der Waals surface area contributed by atoms with E-state index in [0.717, 1.165) is 0 Å². The Bertz CT molecular complexity index is 1070. The lowest BCUT2D eigenvalue weighted by Crippen LogP contribution is -2.17. The molecule has 0 N–H and O–H groups in total. The molecule has 3 aromatic heterocycles. The van der Waals surface area contributed by atoms with Gasteiger partial charge < -0.3 is 4.57 Å². The molecule has 0 bridgehead atoms. The fourth-order valence-corrected chi connectivity index (χ4v) is 3.02. The van der Waals surface area contributed by atoms with Gasteiger partial charge in [0, 0.05) is 34.9 Å². The summed E-state index contributed by atoms with van der Waals surface area (Å²) in [5, 5.41) is 1.34. The van der Waals surface area contributed by atoms with Crippen molar-refractivity contribution < 1.29 is 17.6 Å². The normalized spacial score (nSPS) is 12.2. The number of aromatic nitrogens is 3. The maximum absolute atomic E-state index is 13.1. The van der Waals surface area contributed by atoms with Gasteiger partial charge in [0.05, 0.1) is 11.0 Å². The molecule has 4 aromatic rings. The van der Waals surface area contributed by atoms with Crippen molar-refractivity contribution in [1.29, 1.82) is 0 Å². The number of rotatable bonds is 2. The molecule has 0 atom stereocenters. The molecule has 1 aromatic carbocycles. The van der Waals surface area contributed by atoms with Crippen molar-refractivity contribution in [2.24, 2.45) is 0 Å². The van der Waals surface area contributed by atoms with Crippen molar-refractivity contribution in [3.8, 4) is 11.1 Å². The van der Waals surface area contributed by atoms with Crippen molar-refractivity contribution in [2.75, 3.05) is 0 Å². The number of benzene rings is 1. The zero-order valence-electron chi connectivity index (χ0n) is 12.8. The lowest BCUT2D eigenvalue weighted by molar-refractivity contribution is -0.139. The van der Waals surface area contributed by atoms with Crippen molar-refractivity contribution in [2.45, 2.75) is 12.7 Å². The Morgan fingerprint density at radius 3 is 2.40 bits per heavy atom. The Hall–Kier alpha value is -2.96. The quantitative estimate of drug-likeness (QED) is 0.380. The number of nitrogens with zero attached hydrogens (tertiary/aromatic N) is 3. The third-order valence-electron chi connectivity index (χ3n) is 4.07. The summed E-state index contributed by atoms with van der Waals surface area (Å²) in [7, 11) is 0. The predicted molar refractivity (Wildman–Crippen MR) is 86.5 cm³/mol. The van der Waals surface area contributed by atoms with Crippen LogP contribution in [0.3, 0.4) is 0 Å². The van der Waals surface area contributed by atoms with Crippen molar-refractivity contribution in [3.63, 3.8) is 0 Å². The third-order valence-corrected chi connectivity index (χ3v) is 4.07. The topological polar surface area (TPSA) is 30.7 Å². The van der Waals surface area contributed by atoms with E-state index in [4.69, 9.17) is 0 Å². The van der Waals surface area contributed by atoms with Crippen LogP contribution in [0.1, 0.15) is 0 Å². The van der Waals surface area contributed by atoms with Crippen LogP contribution >= 0.6 is 0 Å². The van der Waals surface area contributed by atoms with Crippen LogP contribution in [0, 0.1) is 5.95 Å². The molecule has 0 amide bonds. The summed E-state index contributed by atoms with van der Waals surface area (Å²) in [6.45, 7) is -1.10. The molecule has 3 heterocycles. The molecule has 7 heteroatoms. The van der Waals surface area contributed by atoms with Crippen molar-refractivity contribution in [3.05, 3.63) is 60.9 Å². The zero-order chi connectivity index (χ0) is 17.6. The van der Waals surface area contributed by atoms with Crippen LogP contribution in [0.4, 0.5) is 17.6 Å². The highest BCUT2D eigenvalue weighted by molar-refractivity contribution is 6.08. The minimum absolute atomic E-state index is 0.446. The van der Waals surface area contributed by atoms with Gasteiger partial charge in [-0.3, -0.25) is 4.98 Å². The number of fused-ring (bicyclic) bond motifs is 3. The molecule has 0 aliphatic heterocycles. The van der Waals surface area contributed by atoms with E-state index in [1.165, 1.54) is 23.0 Å². The average Bonchev–Trinajstić information content (AvgIpc) is 2.88. The number of pyridine rings is 2. The summed E-state index contributed by atoms with van der Waals surface area (Å²) in [5.41, 5.74) is 2.21. The van der Waals surface area contributed by atoms with Gasteiger partial charge in [-0.1, -0.05) is 12.1 Å².